The second-order valence-corrected chi connectivity index (χ2v) is 6.33. The quantitative estimate of drug-likeness (QED) is 0.821. The minimum Gasteiger partial charge on any atom is -0.337 e. The van der Waals surface area contributed by atoms with Gasteiger partial charge in [-0.1, -0.05) is 0 Å². The van der Waals surface area contributed by atoms with Crippen molar-refractivity contribution in [3.05, 3.63) is 0 Å². The maximum atomic E-state index is 12.7. The Morgan fingerprint density at radius 2 is 1.61 bits per heavy atom. The topological polar surface area (TPSA) is 46.3 Å². The molecule has 0 aromatic carbocycles. The highest BCUT2D eigenvalue weighted by atomic mass is 16.2. The molecule has 3 nitrogen and oxygen atoms in total. The van der Waals surface area contributed by atoms with Crippen molar-refractivity contribution in [1.82, 2.24) is 4.90 Å². The predicted molar refractivity (Wildman–Crippen MR) is 74.1 cm³/mol. The Morgan fingerprint density at radius 3 is 2.11 bits per heavy atom. The molecule has 2 fully saturated rings. The van der Waals surface area contributed by atoms with Crippen molar-refractivity contribution in [2.24, 2.45) is 17.6 Å². The molecule has 2 atom stereocenters. The number of likely N-dealkylation sites (tertiary alicyclic amines) is 1. The first kappa shape index (κ1) is 13.9. The Hall–Kier alpha value is -0.570. The van der Waals surface area contributed by atoms with Gasteiger partial charge in [-0.05, 0) is 71.3 Å². The number of rotatable bonds is 2. The Morgan fingerprint density at radius 1 is 1.06 bits per heavy atom. The van der Waals surface area contributed by atoms with Gasteiger partial charge in [0.1, 0.15) is 0 Å². The molecule has 0 aromatic rings. The highest BCUT2D eigenvalue weighted by Gasteiger charge is 2.34. The van der Waals surface area contributed by atoms with Crippen molar-refractivity contribution in [2.75, 3.05) is 6.54 Å². The number of amides is 1. The van der Waals surface area contributed by atoms with Crippen molar-refractivity contribution < 1.29 is 4.79 Å². The van der Waals surface area contributed by atoms with Gasteiger partial charge < -0.3 is 10.6 Å². The molecule has 0 radical (unpaired) electrons. The van der Waals surface area contributed by atoms with E-state index in [-0.39, 0.29) is 5.92 Å². The lowest BCUT2D eigenvalue weighted by Gasteiger charge is -2.42. The first-order valence-electron chi connectivity index (χ1n) is 7.65. The Labute approximate surface area is 111 Å². The van der Waals surface area contributed by atoms with Crippen LogP contribution in [0.3, 0.4) is 0 Å². The molecule has 1 amide bonds. The molecule has 0 spiro atoms. The minimum absolute atomic E-state index is 0.274. The number of piperidine rings is 1. The van der Waals surface area contributed by atoms with E-state index in [0.717, 1.165) is 32.2 Å². The molecule has 2 aliphatic rings. The minimum atomic E-state index is 0.274. The number of hydrogen-bond donors (Lipinski definition) is 1. The molecule has 1 aliphatic heterocycles. The van der Waals surface area contributed by atoms with Crippen LogP contribution in [0.2, 0.25) is 0 Å². The average molecular weight is 252 g/mol. The molecule has 0 bridgehead atoms. The maximum Gasteiger partial charge on any atom is 0.226 e. The average Bonchev–Trinajstić information content (AvgIpc) is 2.38. The SMILES string of the molecule is CC1CCCC(C)N1C(=O)C1CCC(CN)CC1. The van der Waals surface area contributed by atoms with E-state index >= 15 is 0 Å². The fourth-order valence-corrected chi connectivity index (χ4v) is 3.71. The van der Waals surface area contributed by atoms with E-state index in [0.29, 0.717) is 23.9 Å². The van der Waals surface area contributed by atoms with Crippen molar-refractivity contribution in [3.8, 4) is 0 Å². The molecule has 2 rings (SSSR count). The van der Waals surface area contributed by atoms with Crippen LogP contribution >= 0.6 is 0 Å². The summed E-state index contributed by atoms with van der Waals surface area (Å²) in [6, 6.07) is 0.877. The van der Waals surface area contributed by atoms with Gasteiger partial charge in [0.05, 0.1) is 0 Å². The summed E-state index contributed by atoms with van der Waals surface area (Å²) in [5.74, 6) is 1.35. The summed E-state index contributed by atoms with van der Waals surface area (Å²) in [6.45, 7) is 5.20. The van der Waals surface area contributed by atoms with Gasteiger partial charge in [0.25, 0.3) is 0 Å². The van der Waals surface area contributed by atoms with Gasteiger partial charge in [-0.25, -0.2) is 0 Å². The van der Waals surface area contributed by atoms with E-state index in [1.807, 2.05) is 0 Å². The molecular weight excluding hydrogens is 224 g/mol. The van der Waals surface area contributed by atoms with Gasteiger partial charge in [-0.2, -0.15) is 0 Å². The smallest absolute Gasteiger partial charge is 0.226 e. The largest absolute Gasteiger partial charge is 0.337 e. The Bertz CT molecular complexity index is 274. The van der Waals surface area contributed by atoms with Gasteiger partial charge in [0.15, 0.2) is 0 Å². The van der Waals surface area contributed by atoms with Gasteiger partial charge >= 0.3 is 0 Å². The molecule has 1 heterocycles. The number of nitrogens with zero attached hydrogens (tertiary/aromatic N) is 1. The van der Waals surface area contributed by atoms with Crippen LogP contribution in [0, 0.1) is 11.8 Å². The molecule has 2 unspecified atom stereocenters. The van der Waals surface area contributed by atoms with Crippen LogP contribution in [0.25, 0.3) is 0 Å². The molecule has 1 aliphatic carbocycles. The lowest BCUT2D eigenvalue weighted by atomic mass is 9.80. The molecule has 1 saturated carbocycles. The Kier molecular flexibility index (Phi) is 4.66. The third-order valence-electron chi connectivity index (χ3n) is 4.98. The molecule has 104 valence electrons. The van der Waals surface area contributed by atoms with Gasteiger partial charge in [-0.3, -0.25) is 4.79 Å². The van der Waals surface area contributed by atoms with Crippen LogP contribution in [0.1, 0.15) is 58.8 Å². The molecule has 18 heavy (non-hydrogen) atoms. The van der Waals surface area contributed by atoms with E-state index in [2.05, 4.69) is 18.7 Å². The fourth-order valence-electron chi connectivity index (χ4n) is 3.71. The van der Waals surface area contributed by atoms with Crippen LogP contribution in [-0.2, 0) is 4.79 Å². The zero-order valence-corrected chi connectivity index (χ0v) is 11.9. The first-order chi connectivity index (χ1) is 8.63. The molecular formula is C15H28N2O. The van der Waals surface area contributed by atoms with Crippen LogP contribution < -0.4 is 5.73 Å². The lowest BCUT2D eigenvalue weighted by Crippen LogP contribution is -2.50. The summed E-state index contributed by atoms with van der Waals surface area (Å²) < 4.78 is 0. The highest BCUT2D eigenvalue weighted by Crippen LogP contribution is 2.32. The molecule has 1 saturated heterocycles. The van der Waals surface area contributed by atoms with Gasteiger partial charge in [0, 0.05) is 18.0 Å². The van der Waals surface area contributed by atoms with Crippen LogP contribution in [0.15, 0.2) is 0 Å². The van der Waals surface area contributed by atoms with Crippen molar-refractivity contribution in [1.29, 1.82) is 0 Å². The van der Waals surface area contributed by atoms with E-state index in [9.17, 15) is 4.79 Å². The third kappa shape index (κ3) is 2.87. The number of carbonyl (C=O) groups is 1. The predicted octanol–water partition coefficient (Wildman–Crippen LogP) is 2.54. The fraction of sp³-hybridized carbons (Fsp3) is 0.933. The lowest BCUT2D eigenvalue weighted by molar-refractivity contribution is -0.143. The second-order valence-electron chi connectivity index (χ2n) is 6.33. The normalized spacial score (nSPS) is 37.6. The molecule has 2 N–H and O–H groups in total. The van der Waals surface area contributed by atoms with E-state index in [1.165, 1.54) is 19.3 Å². The van der Waals surface area contributed by atoms with Crippen molar-refractivity contribution in [3.63, 3.8) is 0 Å². The summed E-state index contributed by atoms with van der Waals surface area (Å²) in [4.78, 5) is 14.8. The molecule has 0 aromatic heterocycles. The first-order valence-corrected chi connectivity index (χ1v) is 7.65. The van der Waals surface area contributed by atoms with E-state index < -0.39 is 0 Å². The number of nitrogens with two attached hydrogens (primary N) is 1. The van der Waals surface area contributed by atoms with Crippen LogP contribution in [-0.4, -0.2) is 29.4 Å². The number of carbonyl (C=O) groups excluding carboxylic acids is 1. The van der Waals surface area contributed by atoms with Crippen LogP contribution in [0.4, 0.5) is 0 Å². The summed E-state index contributed by atoms with van der Waals surface area (Å²) in [5.41, 5.74) is 5.72. The summed E-state index contributed by atoms with van der Waals surface area (Å²) in [6.07, 6.45) is 8.01. The van der Waals surface area contributed by atoms with Crippen molar-refractivity contribution in [2.45, 2.75) is 70.9 Å². The third-order valence-corrected chi connectivity index (χ3v) is 4.98. The number of hydrogen-bond acceptors (Lipinski definition) is 2. The van der Waals surface area contributed by atoms with E-state index in [1.54, 1.807) is 0 Å². The highest BCUT2D eigenvalue weighted by molar-refractivity contribution is 5.79. The standard InChI is InChI=1S/C15H28N2O/c1-11-4-3-5-12(2)17(11)15(18)14-8-6-13(10-16)7-9-14/h11-14H,3-10,16H2,1-2H3. The van der Waals surface area contributed by atoms with Gasteiger partial charge in [0.2, 0.25) is 5.91 Å². The zero-order valence-electron chi connectivity index (χ0n) is 11.9. The van der Waals surface area contributed by atoms with Gasteiger partial charge in [-0.15, -0.1) is 0 Å². The summed E-state index contributed by atoms with van der Waals surface area (Å²) in [7, 11) is 0. The Balaban J connectivity index is 1.94. The van der Waals surface area contributed by atoms with Crippen molar-refractivity contribution >= 4 is 5.91 Å². The zero-order chi connectivity index (χ0) is 13.1. The summed E-state index contributed by atoms with van der Waals surface area (Å²) in [5, 5.41) is 0. The van der Waals surface area contributed by atoms with Crippen LogP contribution in [0.5, 0.6) is 0 Å². The maximum absolute atomic E-state index is 12.7. The summed E-state index contributed by atoms with van der Waals surface area (Å²) >= 11 is 0. The monoisotopic (exact) mass is 252 g/mol. The molecule has 3 heteroatoms. The van der Waals surface area contributed by atoms with E-state index in [4.69, 9.17) is 5.73 Å². The second kappa shape index (κ2) is 6.05.